The first-order valence-corrected chi connectivity index (χ1v) is 22.6. The average Bonchev–Trinajstić information content (AvgIpc) is 3.27. The van der Waals surface area contributed by atoms with Crippen molar-refractivity contribution >= 4 is 23.5 Å². The summed E-state index contributed by atoms with van der Waals surface area (Å²) < 4.78 is 0. The van der Waals surface area contributed by atoms with Crippen LogP contribution < -0.4 is 0 Å². The van der Waals surface area contributed by atoms with Crippen molar-refractivity contribution in [2.45, 2.75) is 72.0 Å². The van der Waals surface area contributed by atoms with Crippen molar-refractivity contribution in [1.82, 2.24) is 0 Å². The molecule has 6 nitrogen and oxygen atoms in total. The summed E-state index contributed by atoms with van der Waals surface area (Å²) in [5, 5.41) is 61.9. The lowest BCUT2D eigenvalue weighted by molar-refractivity contribution is 0.399. The highest BCUT2D eigenvalue weighted by molar-refractivity contribution is 7.99. The Hall–Kier alpha value is -6.74. The highest BCUT2D eigenvalue weighted by atomic mass is 32.2. The Bertz CT molecular complexity index is 2690. The van der Waals surface area contributed by atoms with Crippen LogP contribution in [0, 0.1) is 0 Å². The van der Waals surface area contributed by atoms with Crippen LogP contribution in [-0.4, -0.2) is 30.6 Å². The highest BCUT2D eigenvalue weighted by Crippen LogP contribution is 2.49. The van der Waals surface area contributed by atoms with Gasteiger partial charge < -0.3 is 30.6 Å². The quantitative estimate of drug-likeness (QED) is 0.0835. The molecule has 8 rings (SSSR count). The molecule has 0 amide bonds. The van der Waals surface area contributed by atoms with E-state index in [0.717, 1.165) is 75.2 Å². The number of benzene rings is 8. The number of phenolic OH excluding ortho intramolecular Hbond substituents is 6. The first-order chi connectivity index (χ1) is 30.5. The van der Waals surface area contributed by atoms with Gasteiger partial charge in [0.1, 0.15) is 11.5 Å². The van der Waals surface area contributed by atoms with Gasteiger partial charge in [0.25, 0.3) is 0 Å². The van der Waals surface area contributed by atoms with Crippen LogP contribution in [0.15, 0.2) is 189 Å². The number of aromatic hydroxyl groups is 6. The van der Waals surface area contributed by atoms with Crippen molar-refractivity contribution in [3.05, 3.63) is 181 Å². The molecule has 0 bridgehead atoms. The normalized spacial score (nSPS) is 11.5. The van der Waals surface area contributed by atoms with Crippen molar-refractivity contribution in [2.75, 3.05) is 0 Å². The van der Waals surface area contributed by atoms with Gasteiger partial charge in [0, 0.05) is 30.7 Å². The first kappa shape index (κ1) is 45.3. The Morgan fingerprint density at radius 3 is 0.844 bits per heavy atom. The minimum Gasteiger partial charge on any atom is -0.507 e. The standard InChI is InChI=1S/C36H26O2S.C20H26O4S/c37-33-21-31(27-17-9-3-10-18-27)35(23-29(33)25-13-5-1-6-14-25)39-36-24-30(26-15-7-2-8-16-26)34(38)22-32(36)28-19-11-4-12-20-28;1-19(2,3)11-7-13(21)15(23)9-17(11)25-18-10-16(24)14(22)8-12(18)20(4,5)6/h1-24,37-38H;7-10,21-24H,1-6H3. The molecule has 0 saturated carbocycles. The average molecular weight is 885 g/mol. The summed E-state index contributed by atoms with van der Waals surface area (Å²) in [6.07, 6.45) is 0. The highest BCUT2D eigenvalue weighted by Gasteiger charge is 2.26. The third-order valence-electron chi connectivity index (χ3n) is 10.7. The molecule has 6 N–H and O–H groups in total. The van der Waals surface area contributed by atoms with Gasteiger partial charge in [0.15, 0.2) is 23.0 Å². The van der Waals surface area contributed by atoms with Crippen molar-refractivity contribution in [2.24, 2.45) is 0 Å². The fraction of sp³-hybridized carbons (Fsp3) is 0.143. The minimum atomic E-state index is -0.242. The Kier molecular flexibility index (Phi) is 13.4. The van der Waals surface area contributed by atoms with Crippen LogP contribution in [0.25, 0.3) is 44.5 Å². The Balaban J connectivity index is 0.000000212. The van der Waals surface area contributed by atoms with Crippen LogP contribution >= 0.6 is 23.5 Å². The molecule has 0 radical (unpaired) electrons. The number of hydrogen-bond donors (Lipinski definition) is 6. The summed E-state index contributed by atoms with van der Waals surface area (Å²) in [5.74, 6) is -0.198. The molecule has 0 aliphatic carbocycles. The van der Waals surface area contributed by atoms with Gasteiger partial charge in [-0.15, -0.1) is 0 Å². The lowest BCUT2D eigenvalue weighted by atomic mass is 9.86. The predicted octanol–water partition coefficient (Wildman–Crippen LogP) is 15.2. The van der Waals surface area contributed by atoms with E-state index in [4.69, 9.17) is 0 Å². The van der Waals surface area contributed by atoms with Gasteiger partial charge in [-0.1, -0.05) is 186 Å². The summed E-state index contributed by atoms with van der Waals surface area (Å²) in [6, 6.07) is 54.3. The molecular weight excluding hydrogens is 833 g/mol. The van der Waals surface area contributed by atoms with Crippen molar-refractivity contribution in [3.63, 3.8) is 0 Å². The van der Waals surface area contributed by atoms with E-state index in [0.29, 0.717) is 0 Å². The second-order valence-corrected chi connectivity index (χ2v) is 19.7. The maximum absolute atomic E-state index is 11.1. The summed E-state index contributed by atoms with van der Waals surface area (Å²) >= 11 is 3.04. The fourth-order valence-corrected chi connectivity index (χ4v) is 10.1. The summed E-state index contributed by atoms with van der Waals surface area (Å²) in [5.41, 5.74) is 8.71. The molecular formula is C56H52O6S2. The summed E-state index contributed by atoms with van der Waals surface area (Å²) in [4.78, 5) is 3.61. The molecule has 8 aromatic carbocycles. The summed E-state index contributed by atoms with van der Waals surface area (Å²) in [7, 11) is 0. The molecule has 0 aromatic heterocycles. The monoisotopic (exact) mass is 884 g/mol. The maximum Gasteiger partial charge on any atom is 0.158 e. The zero-order chi connectivity index (χ0) is 45.8. The second kappa shape index (κ2) is 18.9. The zero-order valence-corrected chi connectivity index (χ0v) is 38.3. The van der Waals surface area contributed by atoms with E-state index < -0.39 is 0 Å². The van der Waals surface area contributed by atoms with E-state index in [2.05, 4.69) is 36.4 Å². The van der Waals surface area contributed by atoms with E-state index in [9.17, 15) is 30.6 Å². The molecule has 0 heterocycles. The first-order valence-electron chi connectivity index (χ1n) is 20.9. The van der Waals surface area contributed by atoms with Crippen molar-refractivity contribution in [3.8, 4) is 79.0 Å². The van der Waals surface area contributed by atoms with E-state index >= 15 is 0 Å². The van der Waals surface area contributed by atoms with Gasteiger partial charge in [-0.05, 0) is 104 Å². The van der Waals surface area contributed by atoms with E-state index in [-0.39, 0.29) is 45.3 Å². The van der Waals surface area contributed by atoms with Gasteiger partial charge in [-0.25, -0.2) is 0 Å². The van der Waals surface area contributed by atoms with E-state index in [1.165, 1.54) is 23.9 Å². The third-order valence-corrected chi connectivity index (χ3v) is 13.0. The molecule has 0 saturated heterocycles. The van der Waals surface area contributed by atoms with Gasteiger partial charge in [-0.2, -0.15) is 0 Å². The predicted molar refractivity (Wildman–Crippen MR) is 263 cm³/mol. The Morgan fingerprint density at radius 2 is 0.547 bits per heavy atom. The molecule has 8 heteroatoms. The molecule has 0 aliphatic rings. The topological polar surface area (TPSA) is 121 Å². The molecule has 8 aromatic rings. The molecule has 0 aliphatic heterocycles. The van der Waals surface area contributed by atoms with Crippen LogP contribution in [0.3, 0.4) is 0 Å². The fourth-order valence-electron chi connectivity index (χ4n) is 7.38. The van der Waals surface area contributed by atoms with Gasteiger partial charge in [0.05, 0.1) is 0 Å². The smallest absolute Gasteiger partial charge is 0.158 e. The molecule has 0 atom stereocenters. The zero-order valence-electron chi connectivity index (χ0n) is 36.7. The lowest BCUT2D eigenvalue weighted by Gasteiger charge is -2.26. The van der Waals surface area contributed by atoms with Crippen LogP contribution in [0.1, 0.15) is 52.7 Å². The van der Waals surface area contributed by atoms with E-state index in [1.54, 1.807) is 23.9 Å². The number of hydrogen-bond acceptors (Lipinski definition) is 8. The molecule has 0 fully saturated rings. The third kappa shape index (κ3) is 10.4. The number of phenols is 6. The Morgan fingerprint density at radius 1 is 0.281 bits per heavy atom. The van der Waals surface area contributed by atoms with Gasteiger partial charge in [0.2, 0.25) is 0 Å². The summed E-state index contributed by atoms with van der Waals surface area (Å²) in [6.45, 7) is 12.2. The van der Waals surface area contributed by atoms with E-state index in [1.807, 2.05) is 151 Å². The SMILES string of the molecule is CC(C)(C)c1cc(O)c(O)cc1Sc1cc(O)c(O)cc1C(C)(C)C.Oc1cc(-c2ccccc2)c(Sc2cc(-c3ccccc3)c(O)cc2-c2ccccc2)cc1-c1ccccc1. The minimum absolute atomic E-state index is 0.154. The van der Waals surface area contributed by atoms with Crippen molar-refractivity contribution in [1.29, 1.82) is 0 Å². The van der Waals surface area contributed by atoms with Crippen molar-refractivity contribution < 1.29 is 30.6 Å². The van der Waals surface area contributed by atoms with Gasteiger partial charge in [-0.3, -0.25) is 0 Å². The largest absolute Gasteiger partial charge is 0.507 e. The van der Waals surface area contributed by atoms with Crippen LogP contribution in [0.4, 0.5) is 0 Å². The maximum atomic E-state index is 11.1. The molecule has 324 valence electrons. The molecule has 0 unspecified atom stereocenters. The number of rotatable bonds is 8. The van der Waals surface area contributed by atoms with Crippen LogP contribution in [0.5, 0.6) is 34.5 Å². The van der Waals surface area contributed by atoms with Gasteiger partial charge >= 0.3 is 0 Å². The second-order valence-electron chi connectivity index (χ2n) is 17.6. The van der Waals surface area contributed by atoms with Crippen LogP contribution in [0.2, 0.25) is 0 Å². The Labute approximate surface area is 384 Å². The van der Waals surface area contributed by atoms with Crippen LogP contribution in [-0.2, 0) is 10.8 Å². The lowest BCUT2D eigenvalue weighted by Crippen LogP contribution is -2.14. The molecule has 64 heavy (non-hydrogen) atoms. The molecule has 0 spiro atoms.